The number of aryl methyl sites for hydroxylation is 1. The van der Waals surface area contributed by atoms with Gasteiger partial charge in [0.15, 0.2) is 0 Å². The van der Waals surface area contributed by atoms with Crippen LogP contribution in [0.5, 0.6) is 11.5 Å². The molecule has 0 radical (unpaired) electrons. The number of aromatic hydroxyl groups is 1. The molecule has 0 amide bonds. The van der Waals surface area contributed by atoms with E-state index in [1.54, 1.807) is 18.2 Å². The number of hydrogen-bond donors (Lipinski definition) is 1. The molecular formula is C18H16O4. The SMILES string of the molecule is O=c1cc(O)c2c(OCCCc3ccccc3)cccc2o1. The van der Waals surface area contributed by atoms with Crippen molar-refractivity contribution in [1.82, 2.24) is 0 Å². The van der Waals surface area contributed by atoms with Gasteiger partial charge in [-0.1, -0.05) is 36.4 Å². The zero-order valence-electron chi connectivity index (χ0n) is 12.0. The van der Waals surface area contributed by atoms with E-state index in [9.17, 15) is 9.90 Å². The van der Waals surface area contributed by atoms with Gasteiger partial charge in [0.2, 0.25) is 0 Å². The van der Waals surface area contributed by atoms with Crippen LogP contribution in [0.25, 0.3) is 11.0 Å². The van der Waals surface area contributed by atoms with Gasteiger partial charge in [-0.05, 0) is 30.5 Å². The van der Waals surface area contributed by atoms with E-state index < -0.39 is 5.63 Å². The van der Waals surface area contributed by atoms with Crippen molar-refractivity contribution < 1.29 is 14.3 Å². The van der Waals surface area contributed by atoms with Gasteiger partial charge in [-0.25, -0.2) is 4.79 Å². The molecule has 0 aliphatic carbocycles. The molecule has 0 saturated heterocycles. The van der Waals surface area contributed by atoms with Crippen molar-refractivity contribution in [1.29, 1.82) is 0 Å². The second-order valence-corrected chi connectivity index (χ2v) is 5.02. The molecule has 0 aliphatic heterocycles. The second-order valence-electron chi connectivity index (χ2n) is 5.02. The molecule has 0 unspecified atom stereocenters. The molecule has 3 rings (SSSR count). The van der Waals surface area contributed by atoms with E-state index in [0.717, 1.165) is 18.9 Å². The molecule has 1 heterocycles. The summed E-state index contributed by atoms with van der Waals surface area (Å²) in [4.78, 5) is 11.3. The van der Waals surface area contributed by atoms with E-state index in [2.05, 4.69) is 12.1 Å². The molecule has 0 saturated carbocycles. The van der Waals surface area contributed by atoms with Gasteiger partial charge in [0.25, 0.3) is 0 Å². The van der Waals surface area contributed by atoms with Crippen molar-refractivity contribution in [2.24, 2.45) is 0 Å². The molecule has 1 N–H and O–H groups in total. The molecule has 0 fully saturated rings. The molecule has 22 heavy (non-hydrogen) atoms. The molecule has 3 aromatic rings. The smallest absolute Gasteiger partial charge is 0.339 e. The van der Waals surface area contributed by atoms with E-state index in [4.69, 9.17) is 9.15 Å². The quantitative estimate of drug-likeness (QED) is 0.578. The molecule has 0 bridgehead atoms. The maximum atomic E-state index is 11.3. The summed E-state index contributed by atoms with van der Waals surface area (Å²) in [6.07, 6.45) is 1.78. The highest BCUT2D eigenvalue weighted by molar-refractivity contribution is 5.89. The van der Waals surface area contributed by atoms with Gasteiger partial charge in [-0.15, -0.1) is 0 Å². The zero-order chi connectivity index (χ0) is 15.4. The van der Waals surface area contributed by atoms with Crippen molar-refractivity contribution in [3.8, 4) is 11.5 Å². The standard InChI is InChI=1S/C18H16O4/c19-14-12-17(20)22-16-10-4-9-15(18(14)16)21-11-5-8-13-6-2-1-3-7-13/h1-4,6-7,9-10,12,19H,5,8,11H2. The molecule has 4 nitrogen and oxygen atoms in total. The maximum absolute atomic E-state index is 11.3. The van der Waals surface area contributed by atoms with Crippen LogP contribution >= 0.6 is 0 Å². The average molecular weight is 296 g/mol. The summed E-state index contributed by atoms with van der Waals surface area (Å²) >= 11 is 0. The van der Waals surface area contributed by atoms with Crippen molar-refractivity contribution in [2.75, 3.05) is 6.61 Å². The van der Waals surface area contributed by atoms with Gasteiger partial charge < -0.3 is 14.3 Å². The van der Waals surface area contributed by atoms with Crippen molar-refractivity contribution in [3.05, 3.63) is 70.6 Å². The number of hydrogen-bond acceptors (Lipinski definition) is 4. The fourth-order valence-corrected chi connectivity index (χ4v) is 2.39. The van der Waals surface area contributed by atoms with E-state index in [1.165, 1.54) is 5.56 Å². The van der Waals surface area contributed by atoms with Crippen molar-refractivity contribution in [3.63, 3.8) is 0 Å². The summed E-state index contributed by atoms with van der Waals surface area (Å²) < 4.78 is 10.8. The Bertz CT molecular complexity index is 821. The third-order valence-corrected chi connectivity index (χ3v) is 3.42. The molecule has 0 aliphatic rings. The minimum atomic E-state index is -0.578. The van der Waals surface area contributed by atoms with Crippen LogP contribution in [-0.2, 0) is 6.42 Å². The zero-order valence-corrected chi connectivity index (χ0v) is 12.0. The number of ether oxygens (including phenoxy) is 1. The summed E-state index contributed by atoms with van der Waals surface area (Å²) in [5, 5.41) is 10.4. The topological polar surface area (TPSA) is 59.7 Å². The largest absolute Gasteiger partial charge is 0.507 e. The maximum Gasteiger partial charge on any atom is 0.339 e. The summed E-state index contributed by atoms with van der Waals surface area (Å²) in [6, 6.07) is 16.4. The Kier molecular flexibility index (Phi) is 4.10. The average Bonchev–Trinajstić information content (AvgIpc) is 2.52. The molecular weight excluding hydrogens is 280 g/mol. The number of benzene rings is 2. The fourth-order valence-electron chi connectivity index (χ4n) is 2.39. The summed E-state index contributed by atoms with van der Waals surface area (Å²) in [6.45, 7) is 0.520. The van der Waals surface area contributed by atoms with Gasteiger partial charge in [-0.2, -0.15) is 0 Å². The minimum Gasteiger partial charge on any atom is -0.507 e. The second kappa shape index (κ2) is 6.35. The fraction of sp³-hybridized carbons (Fsp3) is 0.167. The molecule has 112 valence electrons. The molecule has 0 spiro atoms. The Morgan fingerprint density at radius 1 is 1.05 bits per heavy atom. The lowest BCUT2D eigenvalue weighted by atomic mass is 10.1. The van der Waals surface area contributed by atoms with Crippen LogP contribution in [-0.4, -0.2) is 11.7 Å². The lowest BCUT2D eigenvalue weighted by Gasteiger charge is -2.09. The monoisotopic (exact) mass is 296 g/mol. The summed E-state index contributed by atoms with van der Waals surface area (Å²) in [7, 11) is 0. The third-order valence-electron chi connectivity index (χ3n) is 3.42. The highest BCUT2D eigenvalue weighted by atomic mass is 16.5. The Morgan fingerprint density at radius 2 is 1.86 bits per heavy atom. The highest BCUT2D eigenvalue weighted by Crippen LogP contribution is 2.31. The van der Waals surface area contributed by atoms with Gasteiger partial charge >= 0.3 is 5.63 Å². The van der Waals surface area contributed by atoms with Crippen LogP contribution in [0.1, 0.15) is 12.0 Å². The van der Waals surface area contributed by atoms with E-state index >= 15 is 0 Å². The lowest BCUT2D eigenvalue weighted by Crippen LogP contribution is -2.01. The lowest BCUT2D eigenvalue weighted by molar-refractivity contribution is 0.313. The first kappa shape index (κ1) is 14.2. The van der Waals surface area contributed by atoms with Crippen molar-refractivity contribution in [2.45, 2.75) is 12.8 Å². The van der Waals surface area contributed by atoms with Gasteiger partial charge in [0, 0.05) is 0 Å². The Morgan fingerprint density at radius 3 is 2.68 bits per heavy atom. The Hall–Kier alpha value is -2.75. The van der Waals surface area contributed by atoms with Gasteiger partial charge in [0.05, 0.1) is 12.7 Å². The Balaban J connectivity index is 1.70. The van der Waals surface area contributed by atoms with Gasteiger partial charge in [-0.3, -0.25) is 0 Å². The highest BCUT2D eigenvalue weighted by Gasteiger charge is 2.10. The van der Waals surface area contributed by atoms with Crippen molar-refractivity contribution >= 4 is 11.0 Å². The van der Waals surface area contributed by atoms with E-state index in [-0.39, 0.29) is 5.75 Å². The predicted octanol–water partition coefficient (Wildman–Crippen LogP) is 3.51. The van der Waals surface area contributed by atoms with Crippen LogP contribution in [0.15, 0.2) is 63.8 Å². The number of rotatable bonds is 5. The first-order valence-electron chi connectivity index (χ1n) is 7.16. The summed E-state index contributed by atoms with van der Waals surface area (Å²) in [5.74, 6) is 0.400. The summed E-state index contributed by atoms with van der Waals surface area (Å²) in [5.41, 5.74) is 1.01. The van der Waals surface area contributed by atoms with E-state index in [0.29, 0.717) is 23.3 Å². The van der Waals surface area contributed by atoms with Crippen LogP contribution in [0.2, 0.25) is 0 Å². The molecule has 1 aromatic heterocycles. The van der Waals surface area contributed by atoms with Crippen LogP contribution < -0.4 is 10.4 Å². The first-order valence-corrected chi connectivity index (χ1v) is 7.16. The molecule has 4 heteroatoms. The van der Waals surface area contributed by atoms with Crippen LogP contribution in [0.4, 0.5) is 0 Å². The number of fused-ring (bicyclic) bond motifs is 1. The molecule has 0 atom stereocenters. The molecule has 2 aromatic carbocycles. The van der Waals surface area contributed by atoms with Crippen LogP contribution in [0, 0.1) is 0 Å². The Labute approximate surface area is 127 Å². The third kappa shape index (κ3) is 3.11. The van der Waals surface area contributed by atoms with E-state index in [1.807, 2.05) is 18.2 Å². The first-order chi connectivity index (χ1) is 10.7. The normalized spacial score (nSPS) is 10.7. The van der Waals surface area contributed by atoms with Crippen LogP contribution in [0.3, 0.4) is 0 Å². The predicted molar refractivity (Wildman–Crippen MR) is 84.4 cm³/mol. The van der Waals surface area contributed by atoms with Gasteiger partial charge in [0.1, 0.15) is 22.5 Å². The minimum absolute atomic E-state index is 0.120.